The van der Waals surface area contributed by atoms with E-state index in [-0.39, 0.29) is 5.56 Å². The highest BCUT2D eigenvalue weighted by molar-refractivity contribution is 5.50. The fraction of sp³-hybridized carbons (Fsp3) is 0.500. The SMILES string of the molecule is CCCN(CC1CC1)c1ccc(C#N)c(F)c1. The van der Waals surface area contributed by atoms with Crippen LogP contribution in [0.2, 0.25) is 0 Å². The smallest absolute Gasteiger partial charge is 0.143 e. The maximum absolute atomic E-state index is 13.6. The topological polar surface area (TPSA) is 27.0 Å². The Labute approximate surface area is 102 Å². The number of hydrogen-bond donors (Lipinski definition) is 0. The van der Waals surface area contributed by atoms with Crippen LogP contribution < -0.4 is 4.90 Å². The van der Waals surface area contributed by atoms with E-state index in [0.717, 1.165) is 31.1 Å². The highest BCUT2D eigenvalue weighted by atomic mass is 19.1. The Bertz CT molecular complexity index is 432. The lowest BCUT2D eigenvalue weighted by atomic mass is 10.2. The zero-order chi connectivity index (χ0) is 12.3. The summed E-state index contributed by atoms with van der Waals surface area (Å²) in [6.07, 6.45) is 3.63. The molecule has 3 heteroatoms. The van der Waals surface area contributed by atoms with Crippen molar-refractivity contribution in [1.29, 1.82) is 5.26 Å². The summed E-state index contributed by atoms with van der Waals surface area (Å²) in [5, 5.41) is 8.70. The maximum Gasteiger partial charge on any atom is 0.143 e. The van der Waals surface area contributed by atoms with Gasteiger partial charge >= 0.3 is 0 Å². The molecule has 0 aliphatic heterocycles. The van der Waals surface area contributed by atoms with Gasteiger partial charge in [-0.3, -0.25) is 0 Å². The van der Waals surface area contributed by atoms with Crippen LogP contribution in [0.4, 0.5) is 10.1 Å². The van der Waals surface area contributed by atoms with Crippen LogP contribution >= 0.6 is 0 Å². The Morgan fingerprint density at radius 1 is 1.47 bits per heavy atom. The molecule has 1 fully saturated rings. The summed E-state index contributed by atoms with van der Waals surface area (Å²) in [5.41, 5.74) is 1.02. The van der Waals surface area contributed by atoms with Gasteiger partial charge in [-0.25, -0.2) is 4.39 Å². The molecule has 2 rings (SSSR count). The van der Waals surface area contributed by atoms with Crippen molar-refractivity contribution in [1.82, 2.24) is 0 Å². The van der Waals surface area contributed by atoms with Crippen LogP contribution in [0, 0.1) is 23.1 Å². The van der Waals surface area contributed by atoms with Gasteiger partial charge in [0.1, 0.15) is 11.9 Å². The van der Waals surface area contributed by atoms with Crippen molar-refractivity contribution < 1.29 is 4.39 Å². The molecule has 2 nitrogen and oxygen atoms in total. The van der Waals surface area contributed by atoms with Crippen LogP contribution in [0.25, 0.3) is 0 Å². The Balaban J connectivity index is 2.16. The van der Waals surface area contributed by atoms with E-state index in [9.17, 15) is 4.39 Å². The van der Waals surface area contributed by atoms with Gasteiger partial charge in [-0.05, 0) is 43.4 Å². The van der Waals surface area contributed by atoms with Crippen LogP contribution in [0.5, 0.6) is 0 Å². The molecular formula is C14H17FN2. The molecule has 0 heterocycles. The summed E-state index contributed by atoms with van der Waals surface area (Å²) in [6, 6.07) is 6.75. The fourth-order valence-electron chi connectivity index (χ4n) is 2.00. The second kappa shape index (κ2) is 5.18. The van der Waals surface area contributed by atoms with E-state index in [1.54, 1.807) is 6.07 Å². The molecule has 0 bridgehead atoms. The zero-order valence-corrected chi connectivity index (χ0v) is 10.1. The average Bonchev–Trinajstić information content (AvgIpc) is 3.12. The van der Waals surface area contributed by atoms with E-state index in [4.69, 9.17) is 5.26 Å². The van der Waals surface area contributed by atoms with Crippen LogP contribution in [0.15, 0.2) is 18.2 Å². The molecule has 90 valence electrons. The lowest BCUT2D eigenvalue weighted by Crippen LogP contribution is -2.26. The van der Waals surface area contributed by atoms with Crippen molar-refractivity contribution in [2.75, 3.05) is 18.0 Å². The van der Waals surface area contributed by atoms with Crippen LogP contribution in [-0.2, 0) is 0 Å². The highest BCUT2D eigenvalue weighted by Crippen LogP contribution is 2.31. The van der Waals surface area contributed by atoms with Gasteiger partial charge in [-0.1, -0.05) is 6.92 Å². The van der Waals surface area contributed by atoms with E-state index in [1.165, 1.54) is 18.9 Å². The predicted octanol–water partition coefficient (Wildman–Crippen LogP) is 3.32. The molecule has 0 N–H and O–H groups in total. The molecule has 0 unspecified atom stereocenters. The standard InChI is InChI=1S/C14H17FN2/c1-2-7-17(10-11-3-4-11)13-6-5-12(9-16)14(15)8-13/h5-6,8,11H,2-4,7,10H2,1H3. The molecule has 0 radical (unpaired) electrons. The highest BCUT2D eigenvalue weighted by Gasteiger charge is 2.24. The molecule has 17 heavy (non-hydrogen) atoms. The summed E-state index contributed by atoms with van der Waals surface area (Å²) in [7, 11) is 0. The zero-order valence-electron chi connectivity index (χ0n) is 10.1. The van der Waals surface area contributed by atoms with E-state index < -0.39 is 5.82 Å². The summed E-state index contributed by atoms with van der Waals surface area (Å²) in [6.45, 7) is 4.08. The number of hydrogen-bond acceptors (Lipinski definition) is 2. The van der Waals surface area contributed by atoms with Crippen LogP contribution in [0.3, 0.4) is 0 Å². The summed E-state index contributed by atoms with van der Waals surface area (Å²) in [4.78, 5) is 2.22. The maximum atomic E-state index is 13.6. The van der Waals surface area contributed by atoms with Gasteiger partial charge in [0.05, 0.1) is 5.56 Å². The third-order valence-corrected chi connectivity index (χ3v) is 3.11. The Kier molecular flexibility index (Phi) is 3.63. The van der Waals surface area contributed by atoms with Crippen LogP contribution in [-0.4, -0.2) is 13.1 Å². The first-order chi connectivity index (χ1) is 8.24. The second-order valence-corrected chi connectivity index (χ2v) is 4.67. The lowest BCUT2D eigenvalue weighted by molar-refractivity contribution is 0.621. The molecule has 0 atom stereocenters. The largest absolute Gasteiger partial charge is 0.371 e. The molecule has 0 spiro atoms. The third-order valence-electron chi connectivity index (χ3n) is 3.11. The van der Waals surface area contributed by atoms with Gasteiger partial charge < -0.3 is 4.90 Å². The van der Waals surface area contributed by atoms with Crippen molar-refractivity contribution in [3.05, 3.63) is 29.6 Å². The van der Waals surface area contributed by atoms with Gasteiger partial charge in [0, 0.05) is 18.8 Å². The molecule has 0 amide bonds. The van der Waals surface area contributed by atoms with E-state index >= 15 is 0 Å². The number of rotatable bonds is 5. The number of halogens is 1. The molecule has 1 aromatic carbocycles. The molecular weight excluding hydrogens is 215 g/mol. The van der Waals surface area contributed by atoms with Crippen molar-refractivity contribution >= 4 is 5.69 Å². The normalized spacial score (nSPS) is 14.4. The van der Waals surface area contributed by atoms with Crippen molar-refractivity contribution in [2.24, 2.45) is 5.92 Å². The fourth-order valence-corrected chi connectivity index (χ4v) is 2.00. The van der Waals surface area contributed by atoms with Crippen molar-refractivity contribution in [3.63, 3.8) is 0 Å². The minimum atomic E-state index is -0.415. The predicted molar refractivity (Wildman–Crippen MR) is 66.3 cm³/mol. The number of anilines is 1. The lowest BCUT2D eigenvalue weighted by Gasteiger charge is -2.24. The van der Waals surface area contributed by atoms with E-state index in [2.05, 4.69) is 11.8 Å². The van der Waals surface area contributed by atoms with Gasteiger partial charge in [0.15, 0.2) is 0 Å². The van der Waals surface area contributed by atoms with Crippen LogP contribution in [0.1, 0.15) is 31.7 Å². The monoisotopic (exact) mass is 232 g/mol. The van der Waals surface area contributed by atoms with Gasteiger partial charge in [-0.2, -0.15) is 5.26 Å². The quantitative estimate of drug-likeness (QED) is 0.778. The molecule has 0 saturated heterocycles. The summed E-state index contributed by atoms with van der Waals surface area (Å²) in [5.74, 6) is 0.363. The Morgan fingerprint density at radius 3 is 2.76 bits per heavy atom. The molecule has 0 aromatic heterocycles. The molecule has 1 saturated carbocycles. The number of nitriles is 1. The first-order valence-electron chi connectivity index (χ1n) is 6.19. The summed E-state index contributed by atoms with van der Waals surface area (Å²) >= 11 is 0. The first kappa shape index (κ1) is 11.9. The Morgan fingerprint density at radius 2 is 2.24 bits per heavy atom. The second-order valence-electron chi connectivity index (χ2n) is 4.67. The Hall–Kier alpha value is -1.56. The third kappa shape index (κ3) is 2.97. The van der Waals surface area contributed by atoms with E-state index in [1.807, 2.05) is 12.1 Å². The minimum Gasteiger partial charge on any atom is -0.371 e. The van der Waals surface area contributed by atoms with Crippen molar-refractivity contribution in [2.45, 2.75) is 26.2 Å². The molecule has 1 aliphatic carbocycles. The van der Waals surface area contributed by atoms with Gasteiger partial charge in [0.2, 0.25) is 0 Å². The van der Waals surface area contributed by atoms with Gasteiger partial charge in [0.25, 0.3) is 0 Å². The van der Waals surface area contributed by atoms with Gasteiger partial charge in [-0.15, -0.1) is 0 Å². The average molecular weight is 232 g/mol. The first-order valence-corrected chi connectivity index (χ1v) is 6.19. The van der Waals surface area contributed by atoms with E-state index in [0.29, 0.717) is 0 Å². The number of nitrogens with zero attached hydrogens (tertiary/aromatic N) is 2. The number of benzene rings is 1. The minimum absolute atomic E-state index is 0.122. The molecule has 1 aliphatic rings. The summed E-state index contributed by atoms with van der Waals surface area (Å²) < 4.78 is 13.6. The van der Waals surface area contributed by atoms with Crippen molar-refractivity contribution in [3.8, 4) is 6.07 Å². The molecule has 1 aromatic rings.